The maximum absolute atomic E-state index is 10.9. The molecule has 0 aromatic heterocycles. The average Bonchev–Trinajstić information content (AvgIpc) is 2.25. The molecule has 0 fully saturated rings. The van der Waals surface area contributed by atoms with Gasteiger partial charge in [-0.1, -0.05) is 6.07 Å². The largest absolute Gasteiger partial charge is 0.508 e. The maximum Gasteiger partial charge on any atom is 0.123 e. The predicted molar refractivity (Wildman–Crippen MR) is 69.6 cm³/mol. The Labute approximate surface area is 104 Å². The summed E-state index contributed by atoms with van der Waals surface area (Å²) < 4.78 is 10.9. The summed E-state index contributed by atoms with van der Waals surface area (Å²) >= 11 is 0. The third-order valence-corrected chi connectivity index (χ3v) is 3.36. The molecule has 2 unspecified atom stereocenters. The summed E-state index contributed by atoms with van der Waals surface area (Å²) in [6, 6.07) is 4.79. The highest BCUT2D eigenvalue weighted by atomic mass is 32.2. The van der Waals surface area contributed by atoms with Gasteiger partial charge in [-0.15, -0.1) is 0 Å². The van der Waals surface area contributed by atoms with E-state index in [2.05, 4.69) is 5.32 Å². The highest BCUT2D eigenvalue weighted by Gasteiger charge is 2.06. The Hall–Kier alpha value is -1.07. The number of phenols is 2. The van der Waals surface area contributed by atoms with E-state index in [9.17, 15) is 9.32 Å². The molecule has 1 aromatic rings. The quantitative estimate of drug-likeness (QED) is 0.719. The monoisotopic (exact) mass is 257 g/mol. The van der Waals surface area contributed by atoms with Gasteiger partial charge < -0.3 is 15.5 Å². The first-order chi connectivity index (χ1) is 7.99. The zero-order valence-electron chi connectivity index (χ0n) is 10.1. The molecule has 0 amide bonds. The van der Waals surface area contributed by atoms with E-state index in [1.165, 1.54) is 6.07 Å². The summed E-state index contributed by atoms with van der Waals surface area (Å²) in [4.78, 5) is 0. The Kier molecular flexibility index (Phi) is 5.44. The standard InChI is InChI=1S/C12H19NO3S/c1-9(5-6-17(2)16)13-8-10-3-4-11(14)7-12(10)15/h3-4,7,9,13-15H,5-6,8H2,1-2H3. The van der Waals surface area contributed by atoms with Gasteiger partial charge in [0.1, 0.15) is 11.5 Å². The van der Waals surface area contributed by atoms with Crippen molar-refractivity contribution in [2.45, 2.75) is 25.9 Å². The van der Waals surface area contributed by atoms with E-state index in [1.54, 1.807) is 18.4 Å². The lowest BCUT2D eigenvalue weighted by atomic mass is 10.1. The van der Waals surface area contributed by atoms with Gasteiger partial charge >= 0.3 is 0 Å². The lowest BCUT2D eigenvalue weighted by Gasteiger charge is -2.13. The van der Waals surface area contributed by atoms with Crippen LogP contribution in [0.2, 0.25) is 0 Å². The Morgan fingerprint density at radius 3 is 2.71 bits per heavy atom. The summed E-state index contributed by atoms with van der Waals surface area (Å²) in [6.45, 7) is 2.55. The fourth-order valence-electron chi connectivity index (χ4n) is 1.43. The Morgan fingerprint density at radius 2 is 2.12 bits per heavy atom. The van der Waals surface area contributed by atoms with E-state index in [4.69, 9.17) is 5.11 Å². The van der Waals surface area contributed by atoms with Crippen LogP contribution in [0.5, 0.6) is 11.5 Å². The zero-order valence-corrected chi connectivity index (χ0v) is 11.0. The van der Waals surface area contributed by atoms with E-state index >= 15 is 0 Å². The normalized spacial score (nSPS) is 14.5. The van der Waals surface area contributed by atoms with Crippen LogP contribution in [0, 0.1) is 0 Å². The molecule has 0 saturated heterocycles. The first-order valence-corrected chi connectivity index (χ1v) is 7.26. The number of benzene rings is 1. The second-order valence-electron chi connectivity index (χ2n) is 4.16. The van der Waals surface area contributed by atoms with Crippen LogP contribution < -0.4 is 5.32 Å². The van der Waals surface area contributed by atoms with Crippen molar-refractivity contribution in [3.63, 3.8) is 0 Å². The van der Waals surface area contributed by atoms with Gasteiger partial charge in [-0.25, -0.2) is 0 Å². The molecule has 96 valence electrons. The summed E-state index contributed by atoms with van der Waals surface area (Å²) in [6.07, 6.45) is 2.53. The van der Waals surface area contributed by atoms with Crippen molar-refractivity contribution in [3.05, 3.63) is 23.8 Å². The van der Waals surface area contributed by atoms with E-state index < -0.39 is 10.8 Å². The van der Waals surface area contributed by atoms with Crippen LogP contribution in [0.15, 0.2) is 18.2 Å². The summed E-state index contributed by atoms with van der Waals surface area (Å²) in [5, 5.41) is 22.0. The van der Waals surface area contributed by atoms with Crippen molar-refractivity contribution in [2.24, 2.45) is 0 Å². The minimum absolute atomic E-state index is 0.0562. The number of hydrogen-bond acceptors (Lipinski definition) is 4. The van der Waals surface area contributed by atoms with Gasteiger partial charge in [-0.05, 0) is 19.4 Å². The number of hydrogen-bond donors (Lipinski definition) is 3. The molecule has 17 heavy (non-hydrogen) atoms. The summed E-state index contributed by atoms with van der Waals surface area (Å²) in [5.41, 5.74) is 0.743. The smallest absolute Gasteiger partial charge is 0.123 e. The fraction of sp³-hybridized carbons (Fsp3) is 0.500. The molecular formula is C12H19NO3S. The molecule has 2 atom stereocenters. The Morgan fingerprint density at radius 1 is 1.41 bits per heavy atom. The van der Waals surface area contributed by atoms with Gasteiger partial charge in [0.05, 0.1) is 0 Å². The van der Waals surface area contributed by atoms with Crippen molar-refractivity contribution >= 4 is 10.8 Å². The van der Waals surface area contributed by atoms with Gasteiger partial charge in [0.25, 0.3) is 0 Å². The number of aromatic hydroxyl groups is 2. The molecule has 0 spiro atoms. The topological polar surface area (TPSA) is 69.6 Å². The SMILES string of the molecule is CC(CCS(C)=O)NCc1ccc(O)cc1O. The van der Waals surface area contributed by atoms with Crippen molar-refractivity contribution in [1.29, 1.82) is 0 Å². The second kappa shape index (κ2) is 6.61. The molecule has 1 rings (SSSR count). The third-order valence-electron chi connectivity index (χ3n) is 2.55. The Bertz CT molecular complexity index is 395. The Balaban J connectivity index is 2.41. The highest BCUT2D eigenvalue weighted by molar-refractivity contribution is 7.84. The number of phenolic OH excluding ortho intramolecular Hbond substituents is 2. The van der Waals surface area contributed by atoms with Crippen LogP contribution in [0.4, 0.5) is 0 Å². The van der Waals surface area contributed by atoms with Gasteiger partial charge in [0.2, 0.25) is 0 Å². The van der Waals surface area contributed by atoms with Gasteiger partial charge in [0, 0.05) is 47.0 Å². The van der Waals surface area contributed by atoms with Crippen molar-refractivity contribution in [2.75, 3.05) is 12.0 Å². The maximum atomic E-state index is 10.9. The third kappa shape index (κ3) is 5.19. The van der Waals surface area contributed by atoms with Gasteiger partial charge in [-0.3, -0.25) is 4.21 Å². The molecule has 0 bridgehead atoms. The molecule has 0 heterocycles. The minimum atomic E-state index is -0.764. The minimum Gasteiger partial charge on any atom is -0.508 e. The van der Waals surface area contributed by atoms with Crippen molar-refractivity contribution < 1.29 is 14.4 Å². The molecule has 4 nitrogen and oxygen atoms in total. The second-order valence-corrected chi connectivity index (χ2v) is 5.72. The molecule has 3 N–H and O–H groups in total. The summed E-state index contributed by atoms with van der Waals surface area (Å²) in [7, 11) is -0.764. The van der Waals surface area contributed by atoms with E-state index in [1.807, 2.05) is 6.92 Å². The molecular weight excluding hydrogens is 238 g/mol. The van der Waals surface area contributed by atoms with E-state index in [-0.39, 0.29) is 17.5 Å². The van der Waals surface area contributed by atoms with Crippen LogP contribution in [0.3, 0.4) is 0 Å². The number of nitrogens with one attached hydrogen (secondary N) is 1. The van der Waals surface area contributed by atoms with E-state index in [0.717, 1.165) is 12.0 Å². The molecule has 0 radical (unpaired) electrons. The fourth-order valence-corrected chi connectivity index (χ4v) is 2.12. The van der Waals surface area contributed by atoms with Crippen molar-refractivity contribution in [3.8, 4) is 11.5 Å². The van der Waals surface area contributed by atoms with Crippen LogP contribution in [-0.4, -0.2) is 32.5 Å². The van der Waals surface area contributed by atoms with Crippen LogP contribution in [-0.2, 0) is 17.3 Å². The molecule has 0 aliphatic heterocycles. The van der Waals surface area contributed by atoms with Crippen LogP contribution in [0.1, 0.15) is 18.9 Å². The lowest BCUT2D eigenvalue weighted by molar-refractivity contribution is 0.440. The first-order valence-electron chi connectivity index (χ1n) is 5.53. The first kappa shape index (κ1) is 14.0. The van der Waals surface area contributed by atoms with Crippen LogP contribution >= 0.6 is 0 Å². The summed E-state index contributed by atoms with van der Waals surface area (Å²) in [5.74, 6) is 0.819. The highest BCUT2D eigenvalue weighted by Crippen LogP contribution is 2.22. The molecule has 0 saturated carbocycles. The zero-order chi connectivity index (χ0) is 12.8. The predicted octanol–water partition coefficient (Wildman–Crippen LogP) is 1.34. The van der Waals surface area contributed by atoms with Gasteiger partial charge in [0.15, 0.2) is 0 Å². The molecule has 0 aliphatic carbocycles. The van der Waals surface area contributed by atoms with Crippen molar-refractivity contribution in [1.82, 2.24) is 5.32 Å². The number of rotatable bonds is 6. The lowest BCUT2D eigenvalue weighted by Crippen LogP contribution is -2.26. The molecule has 0 aliphatic rings. The van der Waals surface area contributed by atoms with Gasteiger partial charge in [-0.2, -0.15) is 0 Å². The average molecular weight is 257 g/mol. The molecule has 1 aromatic carbocycles. The molecule has 5 heteroatoms. The van der Waals surface area contributed by atoms with E-state index in [0.29, 0.717) is 12.3 Å². The van der Waals surface area contributed by atoms with Crippen LogP contribution in [0.25, 0.3) is 0 Å².